The number of carboxylic acid groups (broad SMARTS) is 1. The highest BCUT2D eigenvalue weighted by atomic mass is 16.5. The first-order valence-corrected chi connectivity index (χ1v) is 7.47. The molecule has 19 heavy (non-hydrogen) atoms. The molecule has 2 heterocycles. The lowest BCUT2D eigenvalue weighted by Crippen LogP contribution is -2.49. The Kier molecular flexibility index (Phi) is 4.51. The summed E-state index contributed by atoms with van der Waals surface area (Å²) < 4.78 is 11.4. The molecule has 2 atom stereocenters. The summed E-state index contributed by atoms with van der Waals surface area (Å²) in [7, 11) is 0. The van der Waals surface area contributed by atoms with Crippen LogP contribution in [-0.4, -0.2) is 36.5 Å². The third-order valence-electron chi connectivity index (χ3n) is 5.06. The van der Waals surface area contributed by atoms with Crippen LogP contribution in [0.3, 0.4) is 0 Å². The van der Waals surface area contributed by atoms with E-state index in [0.29, 0.717) is 6.61 Å². The van der Waals surface area contributed by atoms with Crippen molar-refractivity contribution in [1.82, 2.24) is 0 Å². The van der Waals surface area contributed by atoms with Gasteiger partial charge in [-0.2, -0.15) is 0 Å². The lowest BCUT2D eigenvalue weighted by molar-refractivity contribution is -0.175. The minimum Gasteiger partial charge on any atom is -0.481 e. The van der Waals surface area contributed by atoms with Crippen LogP contribution >= 0.6 is 0 Å². The molecule has 0 radical (unpaired) electrons. The molecule has 0 amide bonds. The van der Waals surface area contributed by atoms with Crippen molar-refractivity contribution in [2.75, 3.05) is 19.8 Å². The van der Waals surface area contributed by atoms with Crippen molar-refractivity contribution < 1.29 is 19.4 Å². The molecule has 0 aromatic carbocycles. The molecule has 4 heteroatoms. The van der Waals surface area contributed by atoms with Gasteiger partial charge in [0.25, 0.3) is 0 Å². The number of ether oxygens (including phenoxy) is 2. The molecule has 1 N–H and O–H groups in total. The van der Waals surface area contributed by atoms with Crippen molar-refractivity contribution >= 4 is 5.97 Å². The lowest BCUT2D eigenvalue weighted by Gasteiger charge is -2.47. The Labute approximate surface area is 115 Å². The molecule has 0 saturated carbocycles. The smallest absolute Gasteiger partial charge is 0.309 e. The topological polar surface area (TPSA) is 55.8 Å². The monoisotopic (exact) mass is 270 g/mol. The molecule has 4 nitrogen and oxygen atoms in total. The maximum atomic E-state index is 11.7. The number of rotatable bonds is 4. The summed E-state index contributed by atoms with van der Waals surface area (Å²) in [5.74, 6) is -0.430. The van der Waals surface area contributed by atoms with Crippen LogP contribution < -0.4 is 0 Å². The zero-order chi connectivity index (χ0) is 13.9. The fourth-order valence-electron chi connectivity index (χ4n) is 3.67. The molecule has 2 saturated heterocycles. The summed E-state index contributed by atoms with van der Waals surface area (Å²) in [6.45, 7) is 6.15. The highest BCUT2D eigenvalue weighted by Gasteiger charge is 2.48. The van der Waals surface area contributed by atoms with Crippen molar-refractivity contribution in [3.8, 4) is 0 Å². The first-order chi connectivity index (χ1) is 9.02. The van der Waals surface area contributed by atoms with Gasteiger partial charge in [-0.1, -0.05) is 13.3 Å². The van der Waals surface area contributed by atoms with Crippen LogP contribution in [0.2, 0.25) is 0 Å². The van der Waals surface area contributed by atoms with Crippen molar-refractivity contribution in [3.63, 3.8) is 0 Å². The molecule has 2 unspecified atom stereocenters. The maximum absolute atomic E-state index is 11.7. The van der Waals surface area contributed by atoms with Gasteiger partial charge in [0.2, 0.25) is 0 Å². The number of hydrogen-bond donors (Lipinski definition) is 1. The predicted molar refractivity (Wildman–Crippen MR) is 72.1 cm³/mol. The SMILES string of the molecule is CCCC(C)(C(=O)O)C1CCOC2(CCOCC2)C1. The highest BCUT2D eigenvalue weighted by molar-refractivity contribution is 5.74. The normalized spacial score (nSPS) is 29.9. The lowest BCUT2D eigenvalue weighted by atomic mass is 9.66. The van der Waals surface area contributed by atoms with Gasteiger partial charge >= 0.3 is 5.97 Å². The number of carboxylic acids is 1. The van der Waals surface area contributed by atoms with E-state index < -0.39 is 11.4 Å². The van der Waals surface area contributed by atoms with E-state index in [2.05, 4.69) is 6.92 Å². The van der Waals surface area contributed by atoms with Crippen LogP contribution in [0.4, 0.5) is 0 Å². The van der Waals surface area contributed by atoms with Crippen LogP contribution in [0.25, 0.3) is 0 Å². The summed E-state index contributed by atoms with van der Waals surface area (Å²) in [5.41, 5.74) is -0.727. The van der Waals surface area contributed by atoms with Gasteiger partial charge in [-0.25, -0.2) is 0 Å². The molecule has 1 spiro atoms. The summed E-state index contributed by atoms with van der Waals surface area (Å²) in [6, 6.07) is 0. The quantitative estimate of drug-likeness (QED) is 0.853. The zero-order valence-electron chi connectivity index (χ0n) is 12.1. The number of hydrogen-bond acceptors (Lipinski definition) is 3. The molecule has 110 valence electrons. The molecule has 0 aromatic rings. The van der Waals surface area contributed by atoms with E-state index in [1.165, 1.54) is 0 Å². The van der Waals surface area contributed by atoms with Crippen LogP contribution in [0.5, 0.6) is 0 Å². The molecule has 2 fully saturated rings. The predicted octanol–water partition coefficient (Wildman–Crippen LogP) is 2.85. The fourth-order valence-corrected chi connectivity index (χ4v) is 3.67. The van der Waals surface area contributed by atoms with Crippen molar-refractivity contribution in [3.05, 3.63) is 0 Å². The van der Waals surface area contributed by atoms with Crippen LogP contribution in [0.15, 0.2) is 0 Å². The van der Waals surface area contributed by atoms with Gasteiger partial charge in [-0.3, -0.25) is 4.79 Å². The van der Waals surface area contributed by atoms with E-state index in [0.717, 1.165) is 51.7 Å². The fraction of sp³-hybridized carbons (Fsp3) is 0.933. The summed E-state index contributed by atoms with van der Waals surface area (Å²) in [6.07, 6.45) is 5.22. The molecular formula is C15H26O4. The molecule has 2 aliphatic heterocycles. The van der Waals surface area contributed by atoms with E-state index in [-0.39, 0.29) is 11.5 Å². The van der Waals surface area contributed by atoms with E-state index >= 15 is 0 Å². The van der Waals surface area contributed by atoms with Gasteiger partial charge < -0.3 is 14.6 Å². The highest BCUT2D eigenvalue weighted by Crippen LogP contribution is 2.46. The average molecular weight is 270 g/mol. The van der Waals surface area contributed by atoms with E-state index in [1.54, 1.807) is 0 Å². The second-order valence-electron chi connectivity index (χ2n) is 6.31. The number of aliphatic carboxylic acids is 1. The van der Waals surface area contributed by atoms with Crippen LogP contribution in [0, 0.1) is 11.3 Å². The van der Waals surface area contributed by atoms with Gasteiger partial charge in [-0.05, 0) is 44.9 Å². The second-order valence-corrected chi connectivity index (χ2v) is 6.31. The molecule has 2 rings (SSSR count). The largest absolute Gasteiger partial charge is 0.481 e. The van der Waals surface area contributed by atoms with Gasteiger partial charge in [0.1, 0.15) is 0 Å². The van der Waals surface area contributed by atoms with E-state index in [1.807, 2.05) is 6.92 Å². The Hall–Kier alpha value is -0.610. The average Bonchev–Trinajstić information content (AvgIpc) is 2.39. The summed E-state index contributed by atoms with van der Waals surface area (Å²) in [4.78, 5) is 11.7. The standard InChI is InChI=1S/C15H26O4/c1-3-5-14(2,13(16)17)12-4-8-19-15(11-12)6-9-18-10-7-15/h12H,3-11H2,1-2H3,(H,16,17). The summed E-state index contributed by atoms with van der Waals surface area (Å²) in [5, 5.41) is 9.64. The van der Waals surface area contributed by atoms with Crippen molar-refractivity contribution in [2.24, 2.45) is 11.3 Å². The summed E-state index contributed by atoms with van der Waals surface area (Å²) >= 11 is 0. The van der Waals surface area contributed by atoms with Gasteiger partial charge in [0.05, 0.1) is 11.0 Å². The second kappa shape index (κ2) is 5.80. The van der Waals surface area contributed by atoms with Crippen LogP contribution in [0.1, 0.15) is 52.4 Å². The van der Waals surface area contributed by atoms with E-state index in [4.69, 9.17) is 9.47 Å². The molecule has 2 aliphatic rings. The molecule has 0 aliphatic carbocycles. The maximum Gasteiger partial charge on any atom is 0.309 e. The van der Waals surface area contributed by atoms with Gasteiger partial charge in [0.15, 0.2) is 0 Å². The Balaban J connectivity index is 2.12. The van der Waals surface area contributed by atoms with Gasteiger partial charge in [0, 0.05) is 19.8 Å². The third kappa shape index (κ3) is 2.95. The first kappa shape index (κ1) is 14.8. The minimum absolute atomic E-state index is 0.119. The molecule has 0 bridgehead atoms. The van der Waals surface area contributed by atoms with Gasteiger partial charge in [-0.15, -0.1) is 0 Å². The Morgan fingerprint density at radius 1 is 1.37 bits per heavy atom. The zero-order valence-corrected chi connectivity index (χ0v) is 12.1. The minimum atomic E-state index is -0.650. The molecule has 0 aromatic heterocycles. The van der Waals surface area contributed by atoms with Crippen LogP contribution in [-0.2, 0) is 14.3 Å². The Bertz CT molecular complexity index is 317. The first-order valence-electron chi connectivity index (χ1n) is 7.47. The van der Waals surface area contributed by atoms with Crippen molar-refractivity contribution in [1.29, 1.82) is 0 Å². The van der Waals surface area contributed by atoms with Crippen molar-refractivity contribution in [2.45, 2.75) is 58.0 Å². The third-order valence-corrected chi connectivity index (χ3v) is 5.06. The Morgan fingerprint density at radius 2 is 2.05 bits per heavy atom. The number of carbonyl (C=O) groups is 1. The Morgan fingerprint density at radius 3 is 2.63 bits per heavy atom. The van der Waals surface area contributed by atoms with E-state index in [9.17, 15) is 9.90 Å². The molecular weight excluding hydrogens is 244 g/mol.